The highest BCUT2D eigenvalue weighted by Gasteiger charge is 2.48. The third kappa shape index (κ3) is 12.4. The Morgan fingerprint density at radius 2 is 1.01 bits per heavy atom. The molecule has 0 bridgehead atoms. The van der Waals surface area contributed by atoms with Crippen molar-refractivity contribution in [2.75, 3.05) is 36.0 Å². The molecule has 0 spiro atoms. The average molecular weight is 1030 g/mol. The molecule has 4 aromatic carbocycles. The van der Waals surface area contributed by atoms with Gasteiger partial charge >= 0.3 is 0 Å². The van der Waals surface area contributed by atoms with Gasteiger partial charge in [0.15, 0.2) is 0 Å². The molecular weight excluding hydrogens is 945 g/mol. The second-order valence-corrected chi connectivity index (χ2v) is 21.3. The SMILES string of the molecule is CCC(=O)NCCN1C(=O)C(C)(c2ccccc2)Oc2cc(C)c(C(=O)N(C(C)C)C3CCCCC3)cc21.CCC(=O)NCCN1C(=O)C(C)(c2ccccc2)Oc2ccc(C(=O)N(C(C)C)C3CCCCC3)cc21. The van der Waals surface area contributed by atoms with Gasteiger partial charge in [0.1, 0.15) is 11.5 Å². The summed E-state index contributed by atoms with van der Waals surface area (Å²) < 4.78 is 12.8. The lowest BCUT2D eigenvalue weighted by Gasteiger charge is -2.42. The fraction of sp³-hybridized carbons (Fsp3) is 0.508. The molecule has 2 unspecified atom stereocenters. The summed E-state index contributed by atoms with van der Waals surface area (Å²) in [5.41, 5.74) is 2.12. The van der Waals surface area contributed by atoms with Crippen LogP contribution in [-0.2, 0) is 30.4 Å². The highest BCUT2D eigenvalue weighted by atomic mass is 16.5. The highest BCUT2D eigenvalue weighted by molar-refractivity contribution is 6.06. The number of anilines is 2. The maximum atomic E-state index is 14.0. The first-order valence-corrected chi connectivity index (χ1v) is 27.5. The molecule has 14 nitrogen and oxygen atoms in total. The minimum Gasteiger partial charge on any atom is -0.471 e. The van der Waals surface area contributed by atoms with Crippen LogP contribution in [0.25, 0.3) is 0 Å². The fourth-order valence-corrected chi connectivity index (χ4v) is 11.2. The predicted octanol–water partition coefficient (Wildman–Crippen LogP) is 10.4. The Balaban J connectivity index is 0.000000219. The van der Waals surface area contributed by atoms with Gasteiger partial charge < -0.3 is 39.7 Å². The first kappa shape index (κ1) is 56.0. The molecule has 75 heavy (non-hydrogen) atoms. The Labute approximate surface area is 444 Å². The number of aryl methyl sites for hydroxylation is 1. The van der Waals surface area contributed by atoms with E-state index in [-0.39, 0.29) is 72.7 Å². The number of hydrogen-bond donors (Lipinski definition) is 2. The molecule has 2 saturated carbocycles. The normalized spacial score (nSPS) is 19.7. The number of nitrogens with one attached hydrogen (secondary N) is 2. The van der Waals surface area contributed by atoms with Gasteiger partial charge in [0, 0.05) is 85.4 Å². The van der Waals surface area contributed by atoms with E-state index in [9.17, 15) is 28.8 Å². The van der Waals surface area contributed by atoms with Crippen molar-refractivity contribution >= 4 is 46.8 Å². The Morgan fingerprint density at radius 1 is 0.587 bits per heavy atom. The zero-order valence-electron chi connectivity index (χ0n) is 45.8. The fourth-order valence-electron chi connectivity index (χ4n) is 11.2. The van der Waals surface area contributed by atoms with Crippen LogP contribution in [0.4, 0.5) is 11.4 Å². The Kier molecular flexibility index (Phi) is 18.5. The lowest BCUT2D eigenvalue weighted by Crippen LogP contribution is -2.54. The highest BCUT2D eigenvalue weighted by Crippen LogP contribution is 2.45. The van der Waals surface area contributed by atoms with Crippen molar-refractivity contribution in [2.24, 2.45) is 0 Å². The van der Waals surface area contributed by atoms with Crippen LogP contribution in [0.5, 0.6) is 11.5 Å². The molecule has 2 fully saturated rings. The molecule has 2 heterocycles. The van der Waals surface area contributed by atoms with E-state index in [1.807, 2.05) is 89.5 Å². The van der Waals surface area contributed by atoms with Crippen molar-refractivity contribution in [1.82, 2.24) is 20.4 Å². The molecule has 2 aliphatic heterocycles. The minimum atomic E-state index is -1.23. The van der Waals surface area contributed by atoms with Crippen LogP contribution < -0.4 is 29.9 Å². The number of benzene rings is 4. The lowest BCUT2D eigenvalue weighted by molar-refractivity contribution is -0.135. The summed E-state index contributed by atoms with van der Waals surface area (Å²) in [5, 5.41) is 5.74. The number of amides is 6. The van der Waals surface area contributed by atoms with Gasteiger partial charge in [-0.2, -0.15) is 0 Å². The van der Waals surface area contributed by atoms with E-state index in [0.29, 0.717) is 59.9 Å². The molecule has 0 aromatic heterocycles. The molecule has 402 valence electrons. The van der Waals surface area contributed by atoms with Crippen LogP contribution in [0.3, 0.4) is 0 Å². The number of hydrogen-bond acceptors (Lipinski definition) is 8. The van der Waals surface area contributed by atoms with Crippen LogP contribution in [0, 0.1) is 6.92 Å². The first-order valence-electron chi connectivity index (χ1n) is 27.5. The standard InChI is InChI=1S/C31H41N3O4.C30H39N3O4/c1-6-28(35)32-17-18-33-26-20-25(29(36)34(21(2)3)24-15-11-8-12-16-24)22(4)19-27(26)38-31(5,30(33)37)23-13-9-7-10-14-23;1-5-27(34)31-18-19-32-25-20-22(28(35)33(21(2)3)24-14-10-7-11-15-24)16-17-26(25)37-30(4,29(32)36)23-12-8-6-9-13-23/h7,9-10,13-14,19-21,24H,6,8,11-12,15-18H2,1-5H3,(H,32,35);6,8-9,12-13,16-17,20-21,24H,5,7,10-11,14-15,18-19H2,1-4H3,(H,31,34). The van der Waals surface area contributed by atoms with Gasteiger partial charge in [-0.3, -0.25) is 28.8 Å². The van der Waals surface area contributed by atoms with Crippen LogP contribution in [0.2, 0.25) is 0 Å². The van der Waals surface area contributed by atoms with Gasteiger partial charge in [-0.1, -0.05) is 113 Å². The molecule has 6 amide bonds. The van der Waals surface area contributed by atoms with Gasteiger partial charge in [-0.15, -0.1) is 0 Å². The van der Waals surface area contributed by atoms with Crippen molar-refractivity contribution in [3.8, 4) is 11.5 Å². The van der Waals surface area contributed by atoms with Crippen LogP contribution in [0.15, 0.2) is 91.0 Å². The molecule has 2 aliphatic carbocycles. The summed E-state index contributed by atoms with van der Waals surface area (Å²) >= 11 is 0. The van der Waals surface area contributed by atoms with E-state index in [1.165, 1.54) is 12.8 Å². The lowest BCUT2D eigenvalue weighted by atomic mass is 9.90. The number of fused-ring (bicyclic) bond motifs is 2. The van der Waals surface area contributed by atoms with E-state index >= 15 is 0 Å². The van der Waals surface area contributed by atoms with Gasteiger partial charge in [0.25, 0.3) is 23.6 Å². The molecule has 0 saturated heterocycles. The average Bonchev–Trinajstić information content (AvgIpc) is 3.42. The van der Waals surface area contributed by atoms with Crippen LogP contribution in [-0.4, -0.2) is 95.6 Å². The third-order valence-corrected chi connectivity index (χ3v) is 15.4. The Morgan fingerprint density at radius 3 is 1.45 bits per heavy atom. The molecular formula is C61H80N6O8. The van der Waals surface area contributed by atoms with E-state index in [0.717, 1.165) is 68.1 Å². The molecule has 2 N–H and O–H groups in total. The molecule has 4 aromatic rings. The molecule has 14 heteroatoms. The summed E-state index contributed by atoms with van der Waals surface area (Å²) in [6, 6.07) is 28.5. The number of ether oxygens (including phenoxy) is 2. The largest absolute Gasteiger partial charge is 0.471 e. The Hall–Kier alpha value is -6.70. The minimum absolute atomic E-state index is 0.00437. The van der Waals surface area contributed by atoms with E-state index < -0.39 is 11.2 Å². The Bertz CT molecular complexity index is 2660. The summed E-state index contributed by atoms with van der Waals surface area (Å²) in [4.78, 5) is 86.8. The topological polar surface area (TPSA) is 158 Å². The quantitative estimate of drug-likeness (QED) is 0.112. The van der Waals surface area contributed by atoms with Crippen molar-refractivity contribution in [3.63, 3.8) is 0 Å². The zero-order chi connectivity index (χ0) is 54.0. The van der Waals surface area contributed by atoms with Gasteiger partial charge in [-0.05, 0) is 110 Å². The van der Waals surface area contributed by atoms with Gasteiger partial charge in [-0.25, -0.2) is 0 Å². The van der Waals surface area contributed by atoms with Crippen molar-refractivity contribution in [2.45, 2.75) is 175 Å². The summed E-state index contributed by atoms with van der Waals surface area (Å²) in [6.07, 6.45) is 11.8. The number of rotatable bonds is 16. The molecule has 0 radical (unpaired) electrons. The second-order valence-electron chi connectivity index (χ2n) is 21.3. The molecule has 2 atom stereocenters. The van der Waals surface area contributed by atoms with Crippen molar-refractivity contribution in [1.29, 1.82) is 0 Å². The van der Waals surface area contributed by atoms with Crippen molar-refractivity contribution in [3.05, 3.63) is 119 Å². The van der Waals surface area contributed by atoms with Crippen molar-refractivity contribution < 1.29 is 38.2 Å². The molecule has 4 aliphatic rings. The monoisotopic (exact) mass is 1020 g/mol. The predicted molar refractivity (Wildman–Crippen MR) is 294 cm³/mol. The zero-order valence-corrected chi connectivity index (χ0v) is 45.8. The van der Waals surface area contributed by atoms with E-state index in [2.05, 4.69) is 38.3 Å². The maximum Gasteiger partial charge on any atom is 0.275 e. The van der Waals surface area contributed by atoms with Crippen LogP contribution >= 0.6 is 0 Å². The van der Waals surface area contributed by atoms with Gasteiger partial charge in [0.05, 0.1) is 11.4 Å². The number of nitrogens with zero attached hydrogens (tertiary/aromatic N) is 4. The number of carbonyl (C=O) groups excluding carboxylic acids is 6. The van der Waals surface area contributed by atoms with Gasteiger partial charge in [0.2, 0.25) is 23.0 Å². The number of carbonyl (C=O) groups is 6. The second kappa shape index (κ2) is 24.8. The van der Waals surface area contributed by atoms with E-state index in [4.69, 9.17) is 9.47 Å². The molecule has 8 rings (SSSR count). The summed E-state index contributed by atoms with van der Waals surface area (Å²) in [6.45, 7) is 18.5. The smallest absolute Gasteiger partial charge is 0.275 e. The summed E-state index contributed by atoms with van der Waals surface area (Å²) in [7, 11) is 0. The first-order chi connectivity index (χ1) is 35.9. The van der Waals surface area contributed by atoms with E-state index in [1.54, 1.807) is 55.7 Å². The summed E-state index contributed by atoms with van der Waals surface area (Å²) in [5.74, 6) is 0.473. The van der Waals surface area contributed by atoms with Crippen LogP contribution in [0.1, 0.15) is 170 Å². The maximum absolute atomic E-state index is 14.0. The third-order valence-electron chi connectivity index (χ3n) is 15.4.